The van der Waals surface area contributed by atoms with Crippen molar-refractivity contribution in [2.45, 2.75) is 18.6 Å². The summed E-state index contributed by atoms with van der Waals surface area (Å²) in [5.41, 5.74) is 0.796. The molecule has 0 amide bonds. The quantitative estimate of drug-likeness (QED) is 0.514. The van der Waals surface area contributed by atoms with Gasteiger partial charge >= 0.3 is 0 Å². The van der Waals surface area contributed by atoms with Crippen molar-refractivity contribution in [1.82, 2.24) is 0 Å². The molecular formula is C15H14O6. The second kappa shape index (κ2) is 4.75. The van der Waals surface area contributed by atoms with E-state index < -0.39 is 12.2 Å². The van der Waals surface area contributed by atoms with Gasteiger partial charge in [-0.25, -0.2) is 0 Å². The summed E-state index contributed by atoms with van der Waals surface area (Å²) in [6.45, 7) is 0. The molecule has 0 radical (unpaired) electrons. The summed E-state index contributed by atoms with van der Waals surface area (Å²) in [5, 5.41) is 48.3. The molecule has 1 unspecified atom stereocenters. The van der Waals surface area contributed by atoms with Crippen LogP contribution in [0.25, 0.3) is 0 Å². The van der Waals surface area contributed by atoms with Crippen molar-refractivity contribution in [2.24, 2.45) is 0 Å². The molecule has 3 rings (SSSR count). The second-order valence-corrected chi connectivity index (χ2v) is 4.98. The molecule has 0 saturated carbocycles. The van der Waals surface area contributed by atoms with Crippen LogP contribution in [-0.2, 0) is 0 Å². The minimum Gasteiger partial charge on any atom is -0.508 e. The SMILES string of the molecule is Oc1cc(O)c2c(c1)O[C@@H](c1ccc(O)c(O)c1)CC2O. The van der Waals surface area contributed by atoms with Crippen LogP contribution >= 0.6 is 0 Å². The van der Waals surface area contributed by atoms with E-state index in [1.807, 2.05) is 0 Å². The molecule has 21 heavy (non-hydrogen) atoms. The van der Waals surface area contributed by atoms with Gasteiger partial charge in [-0.2, -0.15) is 0 Å². The molecule has 1 aliphatic rings. The lowest BCUT2D eigenvalue weighted by Crippen LogP contribution is -2.19. The van der Waals surface area contributed by atoms with Gasteiger partial charge in [0.05, 0.1) is 11.7 Å². The Morgan fingerprint density at radius 3 is 2.38 bits per heavy atom. The van der Waals surface area contributed by atoms with E-state index in [2.05, 4.69) is 0 Å². The van der Waals surface area contributed by atoms with Gasteiger partial charge in [0.15, 0.2) is 11.5 Å². The molecule has 0 spiro atoms. The van der Waals surface area contributed by atoms with Gasteiger partial charge in [0.2, 0.25) is 0 Å². The zero-order valence-corrected chi connectivity index (χ0v) is 10.9. The number of phenolic OH excluding ortho intramolecular Hbond substituents is 4. The van der Waals surface area contributed by atoms with Crippen LogP contribution in [0, 0.1) is 0 Å². The number of fused-ring (bicyclic) bond motifs is 1. The van der Waals surface area contributed by atoms with Crippen molar-refractivity contribution in [3.63, 3.8) is 0 Å². The maximum absolute atomic E-state index is 10.2. The fourth-order valence-corrected chi connectivity index (χ4v) is 2.50. The Morgan fingerprint density at radius 1 is 0.905 bits per heavy atom. The van der Waals surface area contributed by atoms with Crippen LogP contribution in [0.5, 0.6) is 28.7 Å². The van der Waals surface area contributed by atoms with E-state index >= 15 is 0 Å². The Labute approximate surface area is 120 Å². The second-order valence-electron chi connectivity index (χ2n) is 4.98. The van der Waals surface area contributed by atoms with E-state index in [0.29, 0.717) is 5.56 Å². The molecule has 0 bridgehead atoms. The topological polar surface area (TPSA) is 110 Å². The van der Waals surface area contributed by atoms with Crippen LogP contribution < -0.4 is 4.74 Å². The van der Waals surface area contributed by atoms with Crippen LogP contribution in [0.1, 0.15) is 29.8 Å². The van der Waals surface area contributed by atoms with E-state index in [0.717, 1.165) is 6.07 Å². The number of aliphatic hydroxyl groups excluding tert-OH is 1. The van der Waals surface area contributed by atoms with Crippen LogP contribution in [0.3, 0.4) is 0 Å². The Balaban J connectivity index is 1.99. The number of hydrogen-bond donors (Lipinski definition) is 5. The lowest BCUT2D eigenvalue weighted by atomic mass is 9.94. The highest BCUT2D eigenvalue weighted by atomic mass is 16.5. The number of phenols is 4. The lowest BCUT2D eigenvalue weighted by Gasteiger charge is -2.30. The Hall–Kier alpha value is -2.60. The van der Waals surface area contributed by atoms with Gasteiger partial charge in [-0.05, 0) is 17.7 Å². The summed E-state index contributed by atoms with van der Waals surface area (Å²) in [6, 6.07) is 6.69. The zero-order valence-electron chi connectivity index (χ0n) is 10.9. The third-order valence-corrected chi connectivity index (χ3v) is 3.52. The summed E-state index contributed by atoms with van der Waals surface area (Å²) in [5.74, 6) is -0.748. The van der Waals surface area contributed by atoms with Gasteiger partial charge in [-0.3, -0.25) is 0 Å². The third kappa shape index (κ3) is 2.30. The summed E-state index contributed by atoms with van der Waals surface area (Å²) in [4.78, 5) is 0. The van der Waals surface area contributed by atoms with Crippen LogP contribution in [-0.4, -0.2) is 25.5 Å². The molecule has 6 nitrogen and oxygen atoms in total. The molecule has 0 aromatic heterocycles. The first-order valence-electron chi connectivity index (χ1n) is 6.38. The lowest BCUT2D eigenvalue weighted by molar-refractivity contribution is 0.0630. The number of benzene rings is 2. The van der Waals surface area contributed by atoms with Gasteiger partial charge in [-0.1, -0.05) is 6.07 Å². The third-order valence-electron chi connectivity index (χ3n) is 3.52. The molecule has 2 aromatic rings. The molecule has 2 aromatic carbocycles. The monoisotopic (exact) mass is 290 g/mol. The van der Waals surface area contributed by atoms with E-state index in [1.165, 1.54) is 18.2 Å². The van der Waals surface area contributed by atoms with Gasteiger partial charge in [-0.15, -0.1) is 0 Å². The number of ether oxygens (including phenoxy) is 1. The van der Waals surface area contributed by atoms with E-state index in [4.69, 9.17) is 4.74 Å². The first kappa shape index (κ1) is 13.4. The minimum absolute atomic E-state index is 0.173. The molecule has 1 aliphatic heterocycles. The fourth-order valence-electron chi connectivity index (χ4n) is 2.50. The first-order chi connectivity index (χ1) is 9.95. The van der Waals surface area contributed by atoms with Gasteiger partial charge < -0.3 is 30.3 Å². The average molecular weight is 290 g/mol. The molecule has 2 atom stereocenters. The molecule has 6 heteroatoms. The summed E-state index contributed by atoms with van der Waals surface area (Å²) in [7, 11) is 0. The van der Waals surface area contributed by atoms with E-state index in [-0.39, 0.29) is 40.7 Å². The van der Waals surface area contributed by atoms with Gasteiger partial charge in [0.1, 0.15) is 23.4 Å². The molecular weight excluding hydrogens is 276 g/mol. The van der Waals surface area contributed by atoms with Crippen molar-refractivity contribution in [3.8, 4) is 28.7 Å². The van der Waals surface area contributed by atoms with Crippen LogP contribution in [0.2, 0.25) is 0 Å². The van der Waals surface area contributed by atoms with Crippen molar-refractivity contribution in [2.75, 3.05) is 0 Å². The van der Waals surface area contributed by atoms with Crippen molar-refractivity contribution in [3.05, 3.63) is 41.5 Å². The number of hydrogen-bond acceptors (Lipinski definition) is 6. The van der Waals surface area contributed by atoms with Crippen molar-refractivity contribution < 1.29 is 30.3 Å². The predicted octanol–water partition coefficient (Wildman–Crippen LogP) is 2.07. The molecule has 0 fully saturated rings. The number of rotatable bonds is 1. The van der Waals surface area contributed by atoms with E-state index in [1.54, 1.807) is 6.07 Å². The molecule has 110 valence electrons. The zero-order chi connectivity index (χ0) is 15.1. The highest BCUT2D eigenvalue weighted by molar-refractivity contribution is 5.52. The first-order valence-corrected chi connectivity index (χ1v) is 6.38. The van der Waals surface area contributed by atoms with Gasteiger partial charge in [0.25, 0.3) is 0 Å². The number of aromatic hydroxyl groups is 4. The standard InChI is InChI=1S/C15H14O6/c16-8-4-11(19)15-12(20)6-13(21-14(15)5-8)7-1-2-9(17)10(18)3-7/h1-5,12-13,16-20H,6H2/t12?,13-/m1/s1. The van der Waals surface area contributed by atoms with E-state index in [9.17, 15) is 25.5 Å². The Morgan fingerprint density at radius 2 is 1.67 bits per heavy atom. The average Bonchev–Trinajstić information content (AvgIpc) is 2.40. The van der Waals surface area contributed by atoms with Gasteiger partial charge in [0, 0.05) is 18.6 Å². The summed E-state index contributed by atoms with van der Waals surface area (Å²) >= 11 is 0. The number of aliphatic hydroxyl groups is 1. The Kier molecular flexibility index (Phi) is 3.03. The van der Waals surface area contributed by atoms with Crippen LogP contribution in [0.4, 0.5) is 0 Å². The predicted molar refractivity (Wildman–Crippen MR) is 72.5 cm³/mol. The van der Waals surface area contributed by atoms with Crippen LogP contribution in [0.15, 0.2) is 30.3 Å². The highest BCUT2D eigenvalue weighted by Crippen LogP contribution is 2.47. The minimum atomic E-state index is -0.963. The summed E-state index contributed by atoms with van der Waals surface area (Å²) in [6.07, 6.45) is -1.36. The maximum Gasteiger partial charge on any atom is 0.157 e. The van der Waals surface area contributed by atoms with Crippen molar-refractivity contribution in [1.29, 1.82) is 0 Å². The normalized spacial score (nSPS) is 20.6. The molecule has 0 aliphatic carbocycles. The Bertz CT molecular complexity index is 697. The summed E-state index contributed by atoms with van der Waals surface area (Å²) < 4.78 is 5.67. The highest BCUT2D eigenvalue weighted by Gasteiger charge is 2.31. The maximum atomic E-state index is 10.2. The molecule has 5 N–H and O–H groups in total. The fraction of sp³-hybridized carbons (Fsp3) is 0.200. The van der Waals surface area contributed by atoms with Crippen molar-refractivity contribution >= 4 is 0 Å². The smallest absolute Gasteiger partial charge is 0.157 e. The molecule has 1 heterocycles. The molecule has 0 saturated heterocycles. The largest absolute Gasteiger partial charge is 0.508 e.